The highest BCUT2D eigenvalue weighted by atomic mass is 16.4. The summed E-state index contributed by atoms with van der Waals surface area (Å²) in [7, 11) is 0. The molecule has 0 fully saturated rings. The van der Waals surface area contributed by atoms with Crippen molar-refractivity contribution in [2.45, 2.75) is 25.7 Å². The van der Waals surface area contributed by atoms with Gasteiger partial charge < -0.3 is 10.4 Å². The van der Waals surface area contributed by atoms with E-state index in [4.69, 9.17) is 5.11 Å². The maximum Gasteiger partial charge on any atom is 0.303 e. The maximum absolute atomic E-state index is 11.8. The number of amides is 1. The van der Waals surface area contributed by atoms with Crippen LogP contribution in [0.2, 0.25) is 0 Å². The highest BCUT2D eigenvalue weighted by Gasteiger charge is 2.06. The fourth-order valence-electron chi connectivity index (χ4n) is 2.01. The molecule has 0 saturated carbocycles. The summed E-state index contributed by atoms with van der Waals surface area (Å²) in [5.74, 6) is -0.924. The smallest absolute Gasteiger partial charge is 0.303 e. The number of anilines is 1. The molecular formula is C15H16N2O3. The molecule has 1 aromatic carbocycles. The summed E-state index contributed by atoms with van der Waals surface area (Å²) in [6.45, 7) is 0. The SMILES string of the molecule is O=C(O)CCCCC(=O)Nc1cccc2cnccc12. The standard InChI is InChI=1S/C15H16N2O3/c18-14(6-1-2-7-15(19)20)17-13-5-3-4-11-10-16-9-8-12(11)13/h3-5,8-10H,1-2,6-7H2,(H,17,18)(H,19,20). The van der Waals surface area contributed by atoms with E-state index < -0.39 is 5.97 Å². The number of unbranched alkanes of at least 4 members (excludes halogenated alkanes) is 1. The summed E-state index contributed by atoms with van der Waals surface area (Å²) in [5, 5.41) is 13.3. The molecule has 0 saturated heterocycles. The number of fused-ring (bicyclic) bond motifs is 1. The summed E-state index contributed by atoms with van der Waals surface area (Å²) in [5.41, 5.74) is 0.758. The Hall–Kier alpha value is -2.43. The molecule has 1 heterocycles. The number of aliphatic carboxylic acids is 1. The first-order chi connectivity index (χ1) is 9.66. The fourth-order valence-corrected chi connectivity index (χ4v) is 2.01. The number of carbonyl (C=O) groups excluding carboxylic acids is 1. The van der Waals surface area contributed by atoms with Crippen LogP contribution in [0.15, 0.2) is 36.7 Å². The number of hydrogen-bond acceptors (Lipinski definition) is 3. The third-order valence-corrected chi connectivity index (χ3v) is 3.00. The molecule has 0 unspecified atom stereocenters. The molecule has 0 radical (unpaired) electrons. The Balaban J connectivity index is 1.94. The first-order valence-corrected chi connectivity index (χ1v) is 6.51. The quantitative estimate of drug-likeness (QED) is 0.792. The Labute approximate surface area is 116 Å². The Morgan fingerprint density at radius 2 is 1.95 bits per heavy atom. The summed E-state index contributed by atoms with van der Waals surface area (Å²) in [6, 6.07) is 7.50. The van der Waals surface area contributed by atoms with Gasteiger partial charge in [-0.05, 0) is 25.0 Å². The van der Waals surface area contributed by atoms with Crippen LogP contribution in [-0.2, 0) is 9.59 Å². The fraction of sp³-hybridized carbons (Fsp3) is 0.267. The van der Waals surface area contributed by atoms with Gasteiger partial charge in [0.05, 0.1) is 0 Å². The summed E-state index contributed by atoms with van der Waals surface area (Å²) < 4.78 is 0. The van der Waals surface area contributed by atoms with Gasteiger partial charge in [-0.3, -0.25) is 14.6 Å². The van der Waals surface area contributed by atoms with E-state index in [0.717, 1.165) is 16.5 Å². The molecule has 104 valence electrons. The second-order valence-electron chi connectivity index (χ2n) is 4.55. The maximum atomic E-state index is 11.8. The number of carboxylic acids is 1. The lowest BCUT2D eigenvalue weighted by Gasteiger charge is -2.08. The summed E-state index contributed by atoms with van der Waals surface area (Å²) in [6.07, 6.45) is 4.96. The monoisotopic (exact) mass is 272 g/mol. The molecular weight excluding hydrogens is 256 g/mol. The van der Waals surface area contributed by atoms with Gasteiger partial charge in [-0.2, -0.15) is 0 Å². The van der Waals surface area contributed by atoms with Crippen LogP contribution in [0.1, 0.15) is 25.7 Å². The number of carboxylic acid groups (broad SMARTS) is 1. The molecule has 1 amide bonds. The van der Waals surface area contributed by atoms with E-state index >= 15 is 0 Å². The number of pyridine rings is 1. The molecule has 5 heteroatoms. The van der Waals surface area contributed by atoms with E-state index in [1.54, 1.807) is 12.4 Å². The number of carbonyl (C=O) groups is 2. The number of benzene rings is 1. The molecule has 5 nitrogen and oxygen atoms in total. The van der Waals surface area contributed by atoms with E-state index in [1.807, 2.05) is 24.3 Å². The minimum absolute atomic E-state index is 0.0975. The molecule has 0 spiro atoms. The summed E-state index contributed by atoms with van der Waals surface area (Å²) in [4.78, 5) is 26.2. The normalized spacial score (nSPS) is 10.4. The van der Waals surface area contributed by atoms with Crippen LogP contribution in [0, 0.1) is 0 Å². The molecule has 20 heavy (non-hydrogen) atoms. The van der Waals surface area contributed by atoms with Crippen molar-refractivity contribution in [3.05, 3.63) is 36.7 Å². The largest absolute Gasteiger partial charge is 0.481 e. The average Bonchev–Trinajstić information content (AvgIpc) is 2.44. The van der Waals surface area contributed by atoms with Crippen molar-refractivity contribution in [2.75, 3.05) is 5.32 Å². The lowest BCUT2D eigenvalue weighted by molar-refractivity contribution is -0.137. The predicted octanol–water partition coefficient (Wildman–Crippen LogP) is 2.82. The first kappa shape index (κ1) is 14.0. The lowest BCUT2D eigenvalue weighted by Crippen LogP contribution is -2.11. The Bertz CT molecular complexity index is 620. The van der Waals surface area contributed by atoms with Crippen molar-refractivity contribution >= 4 is 28.3 Å². The van der Waals surface area contributed by atoms with Crippen molar-refractivity contribution in [3.63, 3.8) is 0 Å². The van der Waals surface area contributed by atoms with E-state index in [9.17, 15) is 9.59 Å². The second kappa shape index (κ2) is 6.65. The van der Waals surface area contributed by atoms with Crippen molar-refractivity contribution in [3.8, 4) is 0 Å². The average molecular weight is 272 g/mol. The molecule has 0 bridgehead atoms. The second-order valence-corrected chi connectivity index (χ2v) is 4.55. The first-order valence-electron chi connectivity index (χ1n) is 6.51. The molecule has 2 aromatic rings. The zero-order chi connectivity index (χ0) is 14.4. The van der Waals surface area contributed by atoms with E-state index in [0.29, 0.717) is 19.3 Å². The van der Waals surface area contributed by atoms with E-state index in [2.05, 4.69) is 10.3 Å². The van der Waals surface area contributed by atoms with Gasteiger partial charge in [0.2, 0.25) is 5.91 Å². The van der Waals surface area contributed by atoms with Gasteiger partial charge in [0.25, 0.3) is 0 Å². The third-order valence-electron chi connectivity index (χ3n) is 3.00. The van der Waals surface area contributed by atoms with E-state index in [1.165, 1.54) is 0 Å². The molecule has 0 aliphatic carbocycles. The number of nitrogens with zero attached hydrogens (tertiary/aromatic N) is 1. The van der Waals surface area contributed by atoms with Crippen LogP contribution in [0.4, 0.5) is 5.69 Å². The Morgan fingerprint density at radius 3 is 2.75 bits per heavy atom. The van der Waals surface area contributed by atoms with Crippen LogP contribution in [-0.4, -0.2) is 22.0 Å². The number of nitrogens with one attached hydrogen (secondary N) is 1. The minimum atomic E-state index is -0.827. The van der Waals surface area contributed by atoms with Gasteiger partial charge in [-0.15, -0.1) is 0 Å². The molecule has 1 aromatic heterocycles. The topological polar surface area (TPSA) is 79.3 Å². The van der Waals surface area contributed by atoms with Gasteiger partial charge in [0.1, 0.15) is 0 Å². The Kier molecular flexibility index (Phi) is 4.65. The highest BCUT2D eigenvalue weighted by Crippen LogP contribution is 2.22. The molecule has 2 rings (SSSR count). The Morgan fingerprint density at radius 1 is 1.15 bits per heavy atom. The van der Waals surface area contributed by atoms with Gasteiger partial charge >= 0.3 is 5.97 Å². The van der Waals surface area contributed by atoms with Gasteiger partial charge in [0, 0.05) is 41.7 Å². The van der Waals surface area contributed by atoms with Crippen molar-refractivity contribution in [1.82, 2.24) is 4.98 Å². The van der Waals surface area contributed by atoms with Crippen LogP contribution < -0.4 is 5.32 Å². The molecule has 0 aliphatic heterocycles. The van der Waals surface area contributed by atoms with Gasteiger partial charge in [0.15, 0.2) is 0 Å². The number of aromatic nitrogens is 1. The van der Waals surface area contributed by atoms with Gasteiger partial charge in [-0.1, -0.05) is 12.1 Å². The van der Waals surface area contributed by atoms with Crippen molar-refractivity contribution in [1.29, 1.82) is 0 Å². The van der Waals surface area contributed by atoms with E-state index in [-0.39, 0.29) is 12.3 Å². The van der Waals surface area contributed by atoms with Crippen LogP contribution in [0.5, 0.6) is 0 Å². The lowest BCUT2D eigenvalue weighted by atomic mass is 10.1. The zero-order valence-electron chi connectivity index (χ0n) is 11.0. The van der Waals surface area contributed by atoms with Crippen LogP contribution in [0.3, 0.4) is 0 Å². The van der Waals surface area contributed by atoms with Crippen molar-refractivity contribution < 1.29 is 14.7 Å². The van der Waals surface area contributed by atoms with Crippen LogP contribution >= 0.6 is 0 Å². The predicted molar refractivity (Wildman–Crippen MR) is 76.5 cm³/mol. The third kappa shape index (κ3) is 3.78. The van der Waals surface area contributed by atoms with Crippen molar-refractivity contribution in [2.24, 2.45) is 0 Å². The van der Waals surface area contributed by atoms with Crippen LogP contribution in [0.25, 0.3) is 10.8 Å². The highest BCUT2D eigenvalue weighted by molar-refractivity contribution is 6.01. The number of hydrogen-bond donors (Lipinski definition) is 2. The van der Waals surface area contributed by atoms with Gasteiger partial charge in [-0.25, -0.2) is 0 Å². The number of rotatable bonds is 6. The zero-order valence-corrected chi connectivity index (χ0v) is 11.0. The molecule has 0 aliphatic rings. The molecule has 2 N–H and O–H groups in total. The minimum Gasteiger partial charge on any atom is -0.481 e. The summed E-state index contributed by atoms with van der Waals surface area (Å²) >= 11 is 0. The molecule has 0 atom stereocenters.